The molecule has 2 rings (SSSR count). The standard InChI is InChI=1S/C16H18N2O3/c1-3-9-18(10-14(19)20)16(21)13-6-4-5-12-8-7-11(2)17-15(12)13/h4-8H,3,9-10H2,1-2H3,(H,19,20). The highest BCUT2D eigenvalue weighted by Gasteiger charge is 2.20. The molecule has 5 nitrogen and oxygen atoms in total. The minimum absolute atomic E-state index is 0.289. The summed E-state index contributed by atoms with van der Waals surface area (Å²) in [6.45, 7) is 3.89. The van der Waals surface area contributed by atoms with E-state index in [0.717, 1.165) is 11.1 Å². The number of carbonyl (C=O) groups is 2. The number of rotatable bonds is 5. The number of aryl methyl sites for hydroxylation is 1. The first-order valence-corrected chi connectivity index (χ1v) is 6.90. The quantitative estimate of drug-likeness (QED) is 0.916. The van der Waals surface area contributed by atoms with E-state index in [9.17, 15) is 9.59 Å². The highest BCUT2D eigenvalue weighted by molar-refractivity contribution is 6.06. The first-order chi connectivity index (χ1) is 10.0. The van der Waals surface area contributed by atoms with E-state index in [-0.39, 0.29) is 12.5 Å². The maximum atomic E-state index is 12.6. The predicted molar refractivity (Wildman–Crippen MR) is 80.3 cm³/mol. The number of fused-ring (bicyclic) bond motifs is 1. The van der Waals surface area contributed by atoms with Crippen molar-refractivity contribution in [2.75, 3.05) is 13.1 Å². The van der Waals surface area contributed by atoms with Crippen LogP contribution in [0.25, 0.3) is 10.9 Å². The number of amides is 1. The second-order valence-electron chi connectivity index (χ2n) is 4.95. The Labute approximate surface area is 123 Å². The Morgan fingerprint density at radius 1 is 1.24 bits per heavy atom. The Kier molecular flexibility index (Phi) is 4.52. The number of hydrogen-bond acceptors (Lipinski definition) is 3. The van der Waals surface area contributed by atoms with Gasteiger partial charge in [-0.1, -0.05) is 25.1 Å². The van der Waals surface area contributed by atoms with Crippen LogP contribution < -0.4 is 0 Å². The van der Waals surface area contributed by atoms with Gasteiger partial charge in [-0.15, -0.1) is 0 Å². The van der Waals surface area contributed by atoms with Gasteiger partial charge >= 0.3 is 5.97 Å². The zero-order valence-corrected chi connectivity index (χ0v) is 12.2. The molecule has 0 aliphatic carbocycles. The van der Waals surface area contributed by atoms with Gasteiger partial charge in [-0.3, -0.25) is 14.6 Å². The molecule has 0 bridgehead atoms. The smallest absolute Gasteiger partial charge is 0.323 e. The molecule has 0 radical (unpaired) electrons. The highest BCUT2D eigenvalue weighted by Crippen LogP contribution is 2.19. The lowest BCUT2D eigenvalue weighted by atomic mass is 10.1. The van der Waals surface area contributed by atoms with Gasteiger partial charge in [0.1, 0.15) is 6.54 Å². The lowest BCUT2D eigenvalue weighted by molar-refractivity contribution is -0.137. The number of hydrogen-bond donors (Lipinski definition) is 1. The molecule has 0 atom stereocenters. The number of carboxylic acids is 1. The van der Waals surface area contributed by atoms with E-state index < -0.39 is 5.97 Å². The normalized spacial score (nSPS) is 10.6. The molecule has 1 heterocycles. The fourth-order valence-corrected chi connectivity index (χ4v) is 2.27. The number of aliphatic carboxylic acids is 1. The second kappa shape index (κ2) is 6.35. The fraction of sp³-hybridized carbons (Fsp3) is 0.312. The van der Waals surface area contributed by atoms with Crippen LogP contribution in [0.5, 0.6) is 0 Å². The highest BCUT2D eigenvalue weighted by atomic mass is 16.4. The molecule has 0 aliphatic heterocycles. The van der Waals surface area contributed by atoms with Crippen molar-refractivity contribution in [3.63, 3.8) is 0 Å². The van der Waals surface area contributed by atoms with Crippen LogP contribution in [-0.2, 0) is 4.79 Å². The first-order valence-electron chi connectivity index (χ1n) is 6.90. The molecule has 1 amide bonds. The molecule has 1 N–H and O–H groups in total. The Morgan fingerprint density at radius 3 is 2.67 bits per heavy atom. The van der Waals surface area contributed by atoms with Crippen LogP contribution in [0.15, 0.2) is 30.3 Å². The fourth-order valence-electron chi connectivity index (χ4n) is 2.27. The van der Waals surface area contributed by atoms with Gasteiger partial charge in [0.15, 0.2) is 0 Å². The third-order valence-electron chi connectivity index (χ3n) is 3.20. The molecule has 0 aliphatic rings. The molecule has 0 spiro atoms. The van der Waals surface area contributed by atoms with Gasteiger partial charge < -0.3 is 10.0 Å². The summed E-state index contributed by atoms with van der Waals surface area (Å²) in [5.74, 6) is -1.30. The van der Waals surface area contributed by atoms with Gasteiger partial charge in [0, 0.05) is 17.6 Å². The Bertz CT molecular complexity index is 682. The van der Waals surface area contributed by atoms with Crippen molar-refractivity contribution in [3.05, 3.63) is 41.6 Å². The van der Waals surface area contributed by atoms with Gasteiger partial charge in [0.2, 0.25) is 0 Å². The molecule has 1 aromatic heterocycles. The van der Waals surface area contributed by atoms with Crippen molar-refractivity contribution >= 4 is 22.8 Å². The van der Waals surface area contributed by atoms with E-state index in [4.69, 9.17) is 5.11 Å². The summed E-state index contributed by atoms with van der Waals surface area (Å²) >= 11 is 0. The van der Waals surface area contributed by atoms with Gasteiger partial charge in [-0.05, 0) is 25.5 Å². The van der Waals surface area contributed by atoms with Crippen LogP contribution in [0.3, 0.4) is 0 Å². The number of carbonyl (C=O) groups excluding carboxylic acids is 1. The van der Waals surface area contributed by atoms with Gasteiger partial charge in [0.05, 0.1) is 11.1 Å². The van der Waals surface area contributed by atoms with Crippen molar-refractivity contribution in [3.8, 4) is 0 Å². The second-order valence-corrected chi connectivity index (χ2v) is 4.95. The molecule has 5 heteroatoms. The Balaban J connectivity index is 2.46. The third kappa shape index (κ3) is 3.37. The van der Waals surface area contributed by atoms with Crippen LogP contribution in [-0.4, -0.2) is 40.0 Å². The van der Waals surface area contributed by atoms with E-state index in [1.807, 2.05) is 32.0 Å². The third-order valence-corrected chi connectivity index (χ3v) is 3.20. The molecule has 110 valence electrons. The van der Waals surface area contributed by atoms with Crippen LogP contribution >= 0.6 is 0 Å². The summed E-state index contributed by atoms with van der Waals surface area (Å²) in [5, 5.41) is 9.83. The SMILES string of the molecule is CCCN(CC(=O)O)C(=O)c1cccc2ccc(C)nc12. The molecule has 21 heavy (non-hydrogen) atoms. The van der Waals surface area contributed by atoms with Crippen LogP contribution in [0.2, 0.25) is 0 Å². The summed E-state index contributed by atoms with van der Waals surface area (Å²) in [7, 11) is 0. The number of aromatic nitrogens is 1. The molecule has 2 aromatic rings. The number of nitrogens with zero attached hydrogens (tertiary/aromatic N) is 2. The van der Waals surface area contributed by atoms with Crippen molar-refractivity contribution in [2.45, 2.75) is 20.3 Å². The maximum absolute atomic E-state index is 12.6. The topological polar surface area (TPSA) is 70.5 Å². The molecule has 0 fully saturated rings. The molecule has 0 saturated carbocycles. The van der Waals surface area contributed by atoms with Crippen molar-refractivity contribution < 1.29 is 14.7 Å². The molecule has 0 unspecified atom stereocenters. The minimum Gasteiger partial charge on any atom is -0.480 e. The average molecular weight is 286 g/mol. The minimum atomic E-state index is -1.01. The lowest BCUT2D eigenvalue weighted by Crippen LogP contribution is -2.36. The van der Waals surface area contributed by atoms with E-state index >= 15 is 0 Å². The molecule has 0 saturated heterocycles. The number of para-hydroxylation sites is 1. The van der Waals surface area contributed by atoms with Gasteiger partial charge in [-0.25, -0.2) is 0 Å². The number of pyridine rings is 1. The van der Waals surface area contributed by atoms with E-state index in [1.165, 1.54) is 4.90 Å². The van der Waals surface area contributed by atoms with Crippen molar-refractivity contribution in [2.24, 2.45) is 0 Å². The van der Waals surface area contributed by atoms with Gasteiger partial charge in [0.25, 0.3) is 5.91 Å². The first kappa shape index (κ1) is 15.0. The molecular formula is C16H18N2O3. The zero-order valence-electron chi connectivity index (χ0n) is 12.2. The zero-order chi connectivity index (χ0) is 15.4. The van der Waals surface area contributed by atoms with Gasteiger partial charge in [-0.2, -0.15) is 0 Å². The van der Waals surface area contributed by atoms with Crippen LogP contribution in [0.1, 0.15) is 29.4 Å². The van der Waals surface area contributed by atoms with Crippen LogP contribution in [0, 0.1) is 6.92 Å². The largest absolute Gasteiger partial charge is 0.480 e. The van der Waals surface area contributed by atoms with Crippen LogP contribution in [0.4, 0.5) is 0 Å². The Hall–Kier alpha value is -2.43. The summed E-state index contributed by atoms with van der Waals surface area (Å²) < 4.78 is 0. The maximum Gasteiger partial charge on any atom is 0.323 e. The predicted octanol–water partition coefficient (Wildman–Crippen LogP) is 2.48. The molecular weight excluding hydrogens is 268 g/mol. The Morgan fingerprint density at radius 2 is 2.00 bits per heavy atom. The van der Waals surface area contributed by atoms with E-state index in [1.54, 1.807) is 12.1 Å². The number of benzene rings is 1. The molecule has 1 aromatic carbocycles. The average Bonchev–Trinajstić information content (AvgIpc) is 2.45. The summed E-state index contributed by atoms with van der Waals surface area (Å²) in [5.41, 5.74) is 1.89. The summed E-state index contributed by atoms with van der Waals surface area (Å²) in [4.78, 5) is 29.3. The lowest BCUT2D eigenvalue weighted by Gasteiger charge is -2.20. The monoisotopic (exact) mass is 286 g/mol. The van der Waals surface area contributed by atoms with Crippen molar-refractivity contribution in [1.82, 2.24) is 9.88 Å². The summed E-state index contributed by atoms with van der Waals surface area (Å²) in [6, 6.07) is 9.17. The van der Waals surface area contributed by atoms with Crippen molar-refractivity contribution in [1.29, 1.82) is 0 Å². The van der Waals surface area contributed by atoms with E-state index in [0.29, 0.717) is 24.0 Å². The number of carboxylic acid groups (broad SMARTS) is 1. The summed E-state index contributed by atoms with van der Waals surface area (Å²) in [6.07, 6.45) is 0.705. The van der Waals surface area contributed by atoms with E-state index in [2.05, 4.69) is 4.98 Å².